The average molecular weight is 256 g/mol. The number of nitrogens with one attached hydrogen (secondary N) is 1. The fourth-order valence-corrected chi connectivity index (χ4v) is 2.97. The van der Waals surface area contributed by atoms with Crippen LogP contribution in [0.4, 0.5) is 0 Å². The van der Waals surface area contributed by atoms with E-state index in [1.807, 2.05) is 0 Å². The predicted molar refractivity (Wildman–Crippen MR) is 61.0 cm³/mol. The molecule has 92 valence electrons. The number of rotatable bonds is 3. The van der Waals surface area contributed by atoms with Crippen molar-refractivity contribution in [3.63, 3.8) is 0 Å². The summed E-state index contributed by atoms with van der Waals surface area (Å²) in [4.78, 5) is 23.0. The maximum Gasteiger partial charge on any atom is 0.330 e. The van der Waals surface area contributed by atoms with Gasteiger partial charge in [0, 0.05) is 11.8 Å². The summed E-state index contributed by atoms with van der Waals surface area (Å²) in [5, 5.41) is 15.3. The molecular weight excluding hydrogens is 244 g/mol. The monoisotopic (exact) mass is 256 g/mol. The van der Waals surface area contributed by atoms with Gasteiger partial charge in [0.1, 0.15) is 11.3 Å². The van der Waals surface area contributed by atoms with Crippen molar-refractivity contribution in [1.29, 1.82) is 0 Å². The second-order valence-electron chi connectivity index (χ2n) is 3.97. The first kappa shape index (κ1) is 12.0. The summed E-state index contributed by atoms with van der Waals surface area (Å²) < 4.78 is 4.78. The molecule has 2 N–H and O–H groups in total. The standard InChI is InChI=1S/C10H12N2O4S/c1-6-4-7(12-16-6)8(13)11-10(9(14)15)2-3-17-5-10/h4H,2-3,5H2,1H3,(H,11,13)(H,14,15). The maximum atomic E-state index is 11.8. The van der Waals surface area contributed by atoms with Crippen molar-refractivity contribution in [3.05, 3.63) is 17.5 Å². The summed E-state index contributed by atoms with van der Waals surface area (Å²) in [5.41, 5.74) is -1.06. The van der Waals surface area contributed by atoms with E-state index in [1.165, 1.54) is 17.8 Å². The number of carbonyl (C=O) groups excluding carboxylic acids is 1. The van der Waals surface area contributed by atoms with Crippen LogP contribution in [0.3, 0.4) is 0 Å². The highest BCUT2D eigenvalue weighted by Crippen LogP contribution is 2.28. The molecule has 0 radical (unpaired) electrons. The van der Waals surface area contributed by atoms with E-state index >= 15 is 0 Å². The number of nitrogens with zero attached hydrogens (tertiary/aromatic N) is 1. The number of amides is 1. The van der Waals surface area contributed by atoms with E-state index < -0.39 is 17.4 Å². The molecule has 1 aliphatic rings. The van der Waals surface area contributed by atoms with Crippen LogP contribution in [0.1, 0.15) is 22.7 Å². The molecule has 1 fully saturated rings. The van der Waals surface area contributed by atoms with E-state index in [9.17, 15) is 14.7 Å². The van der Waals surface area contributed by atoms with E-state index in [4.69, 9.17) is 4.52 Å². The molecule has 1 aromatic rings. The Morgan fingerprint density at radius 2 is 2.41 bits per heavy atom. The Hall–Kier alpha value is -1.50. The van der Waals surface area contributed by atoms with Crippen LogP contribution >= 0.6 is 11.8 Å². The Kier molecular flexibility index (Phi) is 3.10. The average Bonchev–Trinajstić information content (AvgIpc) is 2.87. The molecule has 1 atom stereocenters. The van der Waals surface area contributed by atoms with E-state index in [0.717, 1.165) is 5.75 Å². The van der Waals surface area contributed by atoms with Gasteiger partial charge < -0.3 is 14.9 Å². The van der Waals surface area contributed by atoms with Crippen LogP contribution in [0.15, 0.2) is 10.6 Å². The van der Waals surface area contributed by atoms with Crippen molar-refractivity contribution in [3.8, 4) is 0 Å². The molecule has 7 heteroatoms. The minimum Gasteiger partial charge on any atom is -0.479 e. The molecule has 2 heterocycles. The number of carboxylic acids is 1. The smallest absolute Gasteiger partial charge is 0.330 e. The summed E-state index contributed by atoms with van der Waals surface area (Å²) in [6.07, 6.45) is 0.426. The fourth-order valence-electron chi connectivity index (χ4n) is 1.64. The molecule has 1 aliphatic heterocycles. The lowest BCUT2D eigenvalue weighted by atomic mass is 9.99. The Morgan fingerprint density at radius 1 is 1.65 bits per heavy atom. The van der Waals surface area contributed by atoms with Gasteiger partial charge in [-0.2, -0.15) is 11.8 Å². The molecule has 0 spiro atoms. The van der Waals surface area contributed by atoms with Gasteiger partial charge in [0.15, 0.2) is 5.69 Å². The van der Waals surface area contributed by atoms with Gasteiger partial charge in [0.25, 0.3) is 5.91 Å². The summed E-state index contributed by atoms with van der Waals surface area (Å²) >= 11 is 1.51. The number of aromatic nitrogens is 1. The molecule has 0 saturated carbocycles. The third kappa shape index (κ3) is 2.28. The lowest BCUT2D eigenvalue weighted by Gasteiger charge is -2.23. The van der Waals surface area contributed by atoms with Gasteiger partial charge >= 0.3 is 5.97 Å². The van der Waals surface area contributed by atoms with E-state index in [-0.39, 0.29) is 5.69 Å². The Bertz CT molecular complexity index is 451. The van der Waals surface area contributed by atoms with Crippen molar-refractivity contribution in [2.24, 2.45) is 0 Å². The van der Waals surface area contributed by atoms with Crippen LogP contribution < -0.4 is 5.32 Å². The van der Waals surface area contributed by atoms with Gasteiger partial charge in [-0.25, -0.2) is 4.79 Å². The van der Waals surface area contributed by atoms with Crippen molar-refractivity contribution in [1.82, 2.24) is 10.5 Å². The first-order valence-corrected chi connectivity index (χ1v) is 6.26. The van der Waals surface area contributed by atoms with Gasteiger partial charge in [0.2, 0.25) is 0 Å². The van der Waals surface area contributed by atoms with Gasteiger partial charge in [-0.1, -0.05) is 5.16 Å². The van der Waals surface area contributed by atoms with Crippen LogP contribution in [0, 0.1) is 6.92 Å². The van der Waals surface area contributed by atoms with Crippen molar-refractivity contribution in [2.75, 3.05) is 11.5 Å². The van der Waals surface area contributed by atoms with E-state index in [2.05, 4.69) is 10.5 Å². The minimum absolute atomic E-state index is 0.111. The molecular formula is C10H12N2O4S. The minimum atomic E-state index is -1.17. The molecule has 0 aliphatic carbocycles. The lowest BCUT2D eigenvalue weighted by Crippen LogP contribution is -2.54. The highest BCUT2D eigenvalue weighted by atomic mass is 32.2. The van der Waals surface area contributed by atoms with Crippen LogP contribution in [0.5, 0.6) is 0 Å². The summed E-state index contributed by atoms with van der Waals surface area (Å²) in [7, 11) is 0. The number of aliphatic carboxylic acids is 1. The second kappa shape index (κ2) is 4.40. The third-order valence-corrected chi connectivity index (χ3v) is 3.83. The SMILES string of the molecule is Cc1cc(C(=O)NC2(C(=O)O)CCSC2)no1. The summed E-state index contributed by atoms with van der Waals surface area (Å²) in [6.45, 7) is 1.67. The van der Waals surface area contributed by atoms with Crippen molar-refractivity contribution in [2.45, 2.75) is 18.9 Å². The summed E-state index contributed by atoms with van der Waals surface area (Å²) in [5.74, 6) is 0.109. The highest BCUT2D eigenvalue weighted by molar-refractivity contribution is 7.99. The molecule has 1 saturated heterocycles. The summed E-state index contributed by atoms with van der Waals surface area (Å²) in [6, 6.07) is 1.48. The Balaban J connectivity index is 2.14. The van der Waals surface area contributed by atoms with E-state index in [0.29, 0.717) is 17.9 Å². The van der Waals surface area contributed by atoms with Crippen LogP contribution in [-0.4, -0.2) is 39.2 Å². The number of hydrogen-bond donors (Lipinski definition) is 2. The van der Waals surface area contributed by atoms with Crippen LogP contribution in [-0.2, 0) is 4.79 Å². The van der Waals surface area contributed by atoms with Crippen LogP contribution in [0.2, 0.25) is 0 Å². The topological polar surface area (TPSA) is 92.4 Å². The first-order valence-electron chi connectivity index (χ1n) is 5.10. The number of aryl methyl sites for hydroxylation is 1. The van der Waals surface area contributed by atoms with Gasteiger partial charge in [-0.05, 0) is 19.1 Å². The quantitative estimate of drug-likeness (QED) is 0.826. The highest BCUT2D eigenvalue weighted by Gasteiger charge is 2.43. The molecule has 1 amide bonds. The first-order chi connectivity index (χ1) is 8.03. The lowest BCUT2D eigenvalue weighted by molar-refractivity contribution is -0.143. The Labute approximate surface area is 102 Å². The fraction of sp³-hybridized carbons (Fsp3) is 0.500. The zero-order valence-corrected chi connectivity index (χ0v) is 10.0. The van der Waals surface area contributed by atoms with E-state index in [1.54, 1.807) is 6.92 Å². The van der Waals surface area contributed by atoms with Gasteiger partial charge in [-0.15, -0.1) is 0 Å². The molecule has 6 nitrogen and oxygen atoms in total. The molecule has 2 rings (SSSR count). The predicted octanol–water partition coefficient (Wildman–Crippen LogP) is 0.673. The van der Waals surface area contributed by atoms with Gasteiger partial charge in [0.05, 0.1) is 0 Å². The second-order valence-corrected chi connectivity index (χ2v) is 5.07. The van der Waals surface area contributed by atoms with Crippen molar-refractivity contribution < 1.29 is 19.2 Å². The molecule has 1 aromatic heterocycles. The van der Waals surface area contributed by atoms with Gasteiger partial charge in [-0.3, -0.25) is 4.79 Å². The maximum absolute atomic E-state index is 11.8. The number of carbonyl (C=O) groups is 2. The van der Waals surface area contributed by atoms with Crippen LogP contribution in [0.25, 0.3) is 0 Å². The molecule has 17 heavy (non-hydrogen) atoms. The molecule has 0 aromatic carbocycles. The Morgan fingerprint density at radius 3 is 2.88 bits per heavy atom. The zero-order valence-electron chi connectivity index (χ0n) is 9.23. The molecule has 1 unspecified atom stereocenters. The van der Waals surface area contributed by atoms with Crippen molar-refractivity contribution >= 4 is 23.6 Å². The number of thioether (sulfide) groups is 1. The normalized spacial score (nSPS) is 23.6. The molecule has 0 bridgehead atoms. The third-order valence-electron chi connectivity index (χ3n) is 2.64. The number of carboxylic acid groups (broad SMARTS) is 1. The number of hydrogen-bond acceptors (Lipinski definition) is 5. The largest absolute Gasteiger partial charge is 0.479 e. The zero-order chi connectivity index (χ0) is 12.5.